The molecule has 1 saturated carbocycles. The van der Waals surface area contributed by atoms with Gasteiger partial charge in [-0.05, 0) is 61.4 Å². The number of hydrogen-bond donors (Lipinski definition) is 6. The molecule has 3 aliphatic rings. The maximum Gasteiger partial charge on any atom is 0.250 e. The van der Waals surface area contributed by atoms with Gasteiger partial charge >= 0.3 is 0 Å². The van der Waals surface area contributed by atoms with Crippen molar-refractivity contribution in [1.29, 1.82) is 0 Å². The van der Waals surface area contributed by atoms with Gasteiger partial charge < -0.3 is 42.3 Å². The van der Waals surface area contributed by atoms with E-state index in [2.05, 4.69) is 25.9 Å². The summed E-state index contributed by atoms with van der Waals surface area (Å²) < 4.78 is 0. The summed E-state index contributed by atoms with van der Waals surface area (Å²) in [5.41, 5.74) is 16.1. The number of pyridine rings is 1. The Balaban J connectivity index is 1.22. The molecule has 15 heteroatoms. The molecule has 1 aromatic carbocycles. The number of nitrogens with two attached hydrogens (primary N) is 2. The lowest BCUT2D eigenvalue weighted by Crippen LogP contribution is -2.53. The van der Waals surface area contributed by atoms with E-state index in [1.165, 1.54) is 6.92 Å². The molecule has 2 atom stereocenters. The minimum Gasteiger partial charge on any atom is -0.395 e. The molecule has 284 valence electrons. The number of fused-ring (bicyclic) bond motifs is 2. The highest BCUT2D eigenvalue weighted by atomic mass is 16.3. The molecule has 3 heterocycles. The van der Waals surface area contributed by atoms with E-state index < -0.39 is 29.3 Å². The van der Waals surface area contributed by atoms with Crippen LogP contribution in [0.1, 0.15) is 75.8 Å². The van der Waals surface area contributed by atoms with Crippen molar-refractivity contribution in [3.8, 4) is 0 Å². The number of benzene rings is 1. The molecule has 2 aliphatic heterocycles. The number of nitrogens with zero attached hydrogens (tertiary/aromatic N) is 4. The van der Waals surface area contributed by atoms with E-state index >= 15 is 0 Å². The summed E-state index contributed by atoms with van der Waals surface area (Å²) in [6, 6.07) is 5.84. The van der Waals surface area contributed by atoms with Crippen LogP contribution in [-0.4, -0.2) is 100 Å². The third kappa shape index (κ3) is 9.08. The van der Waals surface area contributed by atoms with Crippen LogP contribution >= 0.6 is 0 Å². The standard InChI is InChI=1S/C38H51N9O6/c1-5-11-46(13-14-48)36(52)25-15-24-6-7-27(18-30(24)45-31(39)17-25)38(9-10-38)37(53)44-28-16-26-21-47(12-8-29(26)41-19-28)32(49)20-42-34(50)23(4)43-35(51)33(40)22(2)3/h6-7,15-16,18-19,22-23,33,48H,5,8-14,17,20-21,40H2,1-4H3,(H2,39,45)(H,42,50)(H,43,51)(H,44,53). The number of hydrogen-bond acceptors (Lipinski definition) is 10. The quantitative estimate of drug-likeness (QED) is 0.164. The van der Waals surface area contributed by atoms with Crippen molar-refractivity contribution >= 4 is 52.8 Å². The van der Waals surface area contributed by atoms with E-state index in [1.807, 2.05) is 45.0 Å². The smallest absolute Gasteiger partial charge is 0.250 e. The van der Waals surface area contributed by atoms with Crippen LogP contribution in [0.2, 0.25) is 0 Å². The first-order chi connectivity index (χ1) is 25.3. The Morgan fingerprint density at radius 3 is 2.51 bits per heavy atom. The van der Waals surface area contributed by atoms with Crippen LogP contribution in [0.3, 0.4) is 0 Å². The minimum absolute atomic E-state index is 0.0881. The van der Waals surface area contributed by atoms with Crippen molar-refractivity contribution < 1.29 is 29.1 Å². The maximum atomic E-state index is 13.8. The lowest BCUT2D eigenvalue weighted by atomic mass is 9.92. The summed E-state index contributed by atoms with van der Waals surface area (Å²) >= 11 is 0. The molecule has 0 bridgehead atoms. The highest BCUT2D eigenvalue weighted by Gasteiger charge is 2.51. The first-order valence-corrected chi connectivity index (χ1v) is 18.2. The zero-order valence-corrected chi connectivity index (χ0v) is 30.9. The van der Waals surface area contributed by atoms with Crippen LogP contribution in [0.15, 0.2) is 41.0 Å². The Bertz CT molecular complexity index is 1810. The van der Waals surface area contributed by atoms with E-state index in [4.69, 9.17) is 11.5 Å². The summed E-state index contributed by atoms with van der Waals surface area (Å²) in [7, 11) is 0. The Labute approximate surface area is 309 Å². The first-order valence-electron chi connectivity index (χ1n) is 18.2. The van der Waals surface area contributed by atoms with Crippen LogP contribution in [0.25, 0.3) is 6.08 Å². The number of anilines is 1. The minimum atomic E-state index is -0.857. The molecular formula is C38H51N9O6. The summed E-state index contributed by atoms with van der Waals surface area (Å²) in [4.78, 5) is 77.4. The fraction of sp³-hybridized carbons (Fsp3) is 0.500. The van der Waals surface area contributed by atoms with Gasteiger partial charge in [-0.1, -0.05) is 32.9 Å². The molecule has 15 nitrogen and oxygen atoms in total. The van der Waals surface area contributed by atoms with Gasteiger partial charge in [-0.3, -0.25) is 29.0 Å². The molecule has 1 aromatic heterocycles. The van der Waals surface area contributed by atoms with Crippen LogP contribution in [0, 0.1) is 5.92 Å². The second-order valence-electron chi connectivity index (χ2n) is 14.4. The average molecular weight is 730 g/mol. The molecule has 0 spiro atoms. The highest BCUT2D eigenvalue weighted by Crippen LogP contribution is 2.50. The van der Waals surface area contributed by atoms with E-state index in [0.29, 0.717) is 49.3 Å². The summed E-state index contributed by atoms with van der Waals surface area (Å²) in [5, 5.41) is 17.7. The van der Waals surface area contributed by atoms with E-state index in [9.17, 15) is 29.1 Å². The molecule has 0 saturated heterocycles. The van der Waals surface area contributed by atoms with E-state index in [1.54, 1.807) is 22.1 Å². The van der Waals surface area contributed by atoms with Gasteiger partial charge in [0.05, 0.1) is 42.2 Å². The van der Waals surface area contributed by atoms with Gasteiger partial charge in [0, 0.05) is 55.9 Å². The number of aliphatic hydroxyl groups excluding tert-OH is 1. The first kappa shape index (κ1) is 39.1. The fourth-order valence-electron chi connectivity index (χ4n) is 6.57. The Hall–Kier alpha value is -5.15. The van der Waals surface area contributed by atoms with Crippen LogP contribution in [-0.2, 0) is 42.4 Å². The van der Waals surface area contributed by atoms with Crippen molar-refractivity contribution in [3.05, 3.63) is 58.4 Å². The van der Waals surface area contributed by atoms with Gasteiger partial charge in [0.1, 0.15) is 11.9 Å². The van der Waals surface area contributed by atoms with E-state index in [0.717, 1.165) is 28.8 Å². The lowest BCUT2D eigenvalue weighted by molar-refractivity contribution is -0.134. The highest BCUT2D eigenvalue weighted by molar-refractivity contribution is 6.06. The molecule has 1 fully saturated rings. The number of aliphatic hydroxyl groups is 1. The van der Waals surface area contributed by atoms with Crippen molar-refractivity contribution in [3.63, 3.8) is 0 Å². The molecule has 0 radical (unpaired) electrons. The third-order valence-electron chi connectivity index (χ3n) is 10.00. The normalized spacial score (nSPS) is 16.8. The molecule has 8 N–H and O–H groups in total. The third-order valence-corrected chi connectivity index (χ3v) is 10.00. The van der Waals surface area contributed by atoms with Crippen molar-refractivity contribution in [2.45, 2.75) is 83.8 Å². The number of rotatable bonds is 14. The van der Waals surface area contributed by atoms with Gasteiger partial charge in [0.25, 0.3) is 0 Å². The van der Waals surface area contributed by atoms with Crippen LogP contribution in [0.5, 0.6) is 0 Å². The number of carbonyl (C=O) groups is 5. The Morgan fingerprint density at radius 1 is 1.08 bits per heavy atom. The van der Waals surface area contributed by atoms with Gasteiger partial charge in [-0.15, -0.1) is 0 Å². The van der Waals surface area contributed by atoms with Gasteiger partial charge in [-0.25, -0.2) is 4.99 Å². The molecule has 2 unspecified atom stereocenters. The predicted octanol–water partition coefficient (Wildman–Crippen LogP) is 1.25. The Morgan fingerprint density at radius 2 is 1.83 bits per heavy atom. The monoisotopic (exact) mass is 729 g/mol. The molecule has 1 aliphatic carbocycles. The van der Waals surface area contributed by atoms with Gasteiger partial charge in [-0.2, -0.15) is 0 Å². The summed E-state index contributed by atoms with van der Waals surface area (Å²) in [6.07, 6.45) is 6.14. The summed E-state index contributed by atoms with van der Waals surface area (Å²) in [6.45, 7) is 8.21. The number of aliphatic imine (C=N–C) groups is 1. The molecule has 5 amide bonds. The van der Waals surface area contributed by atoms with Gasteiger partial charge in [0.2, 0.25) is 29.5 Å². The lowest BCUT2D eigenvalue weighted by Gasteiger charge is -2.29. The zero-order chi connectivity index (χ0) is 38.4. The Kier molecular flexibility index (Phi) is 12.3. The van der Waals surface area contributed by atoms with E-state index in [-0.39, 0.29) is 62.1 Å². The number of amidine groups is 1. The number of nitrogens with one attached hydrogen (secondary N) is 3. The molecule has 2 aromatic rings. The second kappa shape index (κ2) is 16.7. The predicted molar refractivity (Wildman–Crippen MR) is 201 cm³/mol. The fourth-order valence-corrected chi connectivity index (χ4v) is 6.57. The number of amides is 5. The summed E-state index contributed by atoms with van der Waals surface area (Å²) in [5.74, 6) is -1.38. The van der Waals surface area contributed by atoms with Crippen molar-refractivity contribution in [1.82, 2.24) is 25.4 Å². The van der Waals surface area contributed by atoms with Crippen molar-refractivity contribution in [2.24, 2.45) is 22.4 Å². The van der Waals surface area contributed by atoms with Gasteiger partial charge in [0.15, 0.2) is 0 Å². The second-order valence-corrected chi connectivity index (χ2v) is 14.4. The maximum absolute atomic E-state index is 13.8. The SMILES string of the molecule is CCCN(CCO)C(=O)C1=Cc2ccc(C3(C(=O)Nc4cnc5c(c4)CN(C(=O)CNC(=O)C(C)NC(=O)C(N)C(C)C)CC5)CC3)cc2N=C(N)C1. The molecule has 53 heavy (non-hydrogen) atoms. The number of aromatic nitrogens is 1. The van der Waals surface area contributed by atoms with Crippen LogP contribution in [0.4, 0.5) is 11.4 Å². The molecule has 5 rings (SSSR count). The van der Waals surface area contributed by atoms with Crippen molar-refractivity contribution in [2.75, 3.05) is 38.1 Å². The van der Waals surface area contributed by atoms with Crippen LogP contribution < -0.4 is 27.4 Å². The topological polar surface area (TPSA) is 225 Å². The average Bonchev–Trinajstić information content (AvgIpc) is 3.97. The number of carbonyl (C=O) groups excluding carboxylic acids is 5. The largest absolute Gasteiger partial charge is 0.395 e. The zero-order valence-electron chi connectivity index (χ0n) is 30.9. The molecular weight excluding hydrogens is 678 g/mol.